The van der Waals surface area contributed by atoms with Gasteiger partial charge >= 0.3 is 0 Å². The van der Waals surface area contributed by atoms with Crippen LogP contribution in [0.3, 0.4) is 0 Å². The number of nitrogens with zero attached hydrogens (tertiary/aromatic N) is 1. The molecule has 2 aliphatic rings. The highest BCUT2D eigenvalue weighted by Gasteiger charge is 2.26. The predicted octanol–water partition coefficient (Wildman–Crippen LogP) is 3.70. The van der Waals surface area contributed by atoms with E-state index in [1.807, 2.05) is 0 Å². The van der Waals surface area contributed by atoms with Crippen molar-refractivity contribution in [2.24, 2.45) is 0 Å². The number of rotatable bonds is 5. The molecule has 3 rings (SSSR count). The number of ether oxygens (including phenoxy) is 1. The Morgan fingerprint density at radius 2 is 2.19 bits per heavy atom. The first-order chi connectivity index (χ1) is 10.2. The third-order valence-electron chi connectivity index (χ3n) is 4.47. The van der Waals surface area contributed by atoms with Gasteiger partial charge in [-0.05, 0) is 43.9 Å². The van der Waals surface area contributed by atoms with E-state index in [2.05, 4.69) is 58.2 Å². The summed E-state index contributed by atoms with van der Waals surface area (Å²) in [7, 11) is 0. The molecule has 1 saturated carbocycles. The first kappa shape index (κ1) is 15.3. The van der Waals surface area contributed by atoms with Gasteiger partial charge in [-0.15, -0.1) is 0 Å². The summed E-state index contributed by atoms with van der Waals surface area (Å²) in [6.07, 6.45) is 4.09. The molecule has 0 spiro atoms. The smallest absolute Gasteiger partial charge is 0.0723 e. The average Bonchev–Trinajstić information content (AvgIpc) is 3.30. The van der Waals surface area contributed by atoms with Crippen LogP contribution in [0.1, 0.15) is 38.7 Å². The summed E-state index contributed by atoms with van der Waals surface area (Å²) >= 11 is 3.74. The Bertz CT molecular complexity index is 490. The molecule has 1 aromatic rings. The predicted molar refractivity (Wildman–Crippen MR) is 90.8 cm³/mol. The van der Waals surface area contributed by atoms with E-state index in [9.17, 15) is 0 Å². The van der Waals surface area contributed by atoms with E-state index in [-0.39, 0.29) is 0 Å². The van der Waals surface area contributed by atoms with Crippen LogP contribution in [0.5, 0.6) is 0 Å². The second-order valence-corrected chi connectivity index (χ2v) is 7.14. The number of hydrogen-bond acceptors (Lipinski definition) is 3. The van der Waals surface area contributed by atoms with Gasteiger partial charge in [0.1, 0.15) is 0 Å². The minimum atomic E-state index is 0.308. The molecular weight excluding hydrogens is 328 g/mol. The van der Waals surface area contributed by atoms with Crippen LogP contribution in [0, 0.1) is 0 Å². The molecule has 0 amide bonds. The second-order valence-electron chi connectivity index (χ2n) is 6.29. The fraction of sp³-hybridized carbons (Fsp3) is 0.647. The third kappa shape index (κ3) is 3.79. The topological polar surface area (TPSA) is 24.5 Å². The summed E-state index contributed by atoms with van der Waals surface area (Å²) in [5, 5.41) is 3.58. The van der Waals surface area contributed by atoms with E-state index in [4.69, 9.17) is 4.74 Å². The molecule has 2 fully saturated rings. The van der Waals surface area contributed by atoms with Crippen molar-refractivity contribution in [3.05, 3.63) is 28.2 Å². The van der Waals surface area contributed by atoms with Crippen molar-refractivity contribution in [3.63, 3.8) is 0 Å². The zero-order valence-electron chi connectivity index (χ0n) is 12.9. The van der Waals surface area contributed by atoms with Gasteiger partial charge in [0, 0.05) is 29.3 Å². The molecule has 1 saturated heterocycles. The molecular formula is C17H25BrN2O. The number of morpholine rings is 1. The van der Waals surface area contributed by atoms with E-state index in [0.29, 0.717) is 12.1 Å². The van der Waals surface area contributed by atoms with Crippen molar-refractivity contribution in [1.82, 2.24) is 5.32 Å². The average molecular weight is 353 g/mol. The Balaban J connectivity index is 1.72. The number of nitrogens with one attached hydrogen (secondary N) is 1. The van der Waals surface area contributed by atoms with Crippen LogP contribution in [0.2, 0.25) is 0 Å². The van der Waals surface area contributed by atoms with E-state index in [1.54, 1.807) is 0 Å². The molecule has 1 aliphatic heterocycles. The summed E-state index contributed by atoms with van der Waals surface area (Å²) < 4.78 is 7.01. The highest BCUT2D eigenvalue weighted by atomic mass is 79.9. The van der Waals surface area contributed by atoms with Crippen molar-refractivity contribution in [2.75, 3.05) is 18.1 Å². The largest absolute Gasteiger partial charge is 0.375 e. The first-order valence-electron chi connectivity index (χ1n) is 8.07. The van der Waals surface area contributed by atoms with Gasteiger partial charge in [-0.2, -0.15) is 0 Å². The van der Waals surface area contributed by atoms with Crippen LogP contribution in [0.4, 0.5) is 5.69 Å². The van der Waals surface area contributed by atoms with Gasteiger partial charge in [0.2, 0.25) is 0 Å². The maximum absolute atomic E-state index is 5.80. The highest BCUT2D eigenvalue weighted by Crippen LogP contribution is 2.29. The summed E-state index contributed by atoms with van der Waals surface area (Å²) in [4.78, 5) is 2.50. The van der Waals surface area contributed by atoms with Crippen molar-refractivity contribution < 1.29 is 4.74 Å². The number of halogens is 1. The lowest BCUT2D eigenvalue weighted by Gasteiger charge is -2.40. The van der Waals surface area contributed by atoms with Gasteiger partial charge in [-0.1, -0.05) is 28.9 Å². The minimum Gasteiger partial charge on any atom is -0.375 e. The van der Waals surface area contributed by atoms with E-state index in [1.165, 1.54) is 28.6 Å². The van der Waals surface area contributed by atoms with E-state index < -0.39 is 0 Å². The quantitative estimate of drug-likeness (QED) is 0.874. The normalized spacial score (nSPS) is 26.1. The van der Waals surface area contributed by atoms with E-state index >= 15 is 0 Å². The number of anilines is 1. The van der Waals surface area contributed by atoms with Crippen molar-refractivity contribution in [2.45, 2.75) is 57.8 Å². The molecule has 2 atom stereocenters. The summed E-state index contributed by atoms with van der Waals surface area (Å²) in [5.74, 6) is 0. The molecule has 1 aliphatic carbocycles. The second kappa shape index (κ2) is 6.67. The summed E-state index contributed by atoms with van der Waals surface area (Å²) in [6, 6.07) is 8.02. The van der Waals surface area contributed by atoms with Gasteiger partial charge in [0.25, 0.3) is 0 Å². The van der Waals surface area contributed by atoms with Gasteiger partial charge in [0.15, 0.2) is 0 Å². The monoisotopic (exact) mass is 352 g/mol. The Hall–Kier alpha value is -0.580. The van der Waals surface area contributed by atoms with Crippen LogP contribution < -0.4 is 10.2 Å². The van der Waals surface area contributed by atoms with Gasteiger partial charge in [0.05, 0.1) is 18.8 Å². The zero-order chi connectivity index (χ0) is 14.8. The lowest BCUT2D eigenvalue weighted by atomic mass is 10.1. The summed E-state index contributed by atoms with van der Waals surface area (Å²) in [6.45, 7) is 7.16. The van der Waals surface area contributed by atoms with Crippen LogP contribution in [0.25, 0.3) is 0 Å². The maximum Gasteiger partial charge on any atom is 0.0723 e. The van der Waals surface area contributed by atoms with Crippen molar-refractivity contribution in [3.8, 4) is 0 Å². The van der Waals surface area contributed by atoms with Gasteiger partial charge < -0.3 is 15.0 Å². The van der Waals surface area contributed by atoms with Gasteiger partial charge in [-0.3, -0.25) is 0 Å². The van der Waals surface area contributed by atoms with Crippen molar-refractivity contribution >= 4 is 21.6 Å². The number of hydrogen-bond donors (Lipinski definition) is 1. The fourth-order valence-electron chi connectivity index (χ4n) is 2.90. The lowest BCUT2D eigenvalue weighted by molar-refractivity contribution is 0.0299. The van der Waals surface area contributed by atoms with Crippen LogP contribution in [-0.2, 0) is 11.3 Å². The number of benzene rings is 1. The molecule has 0 aromatic heterocycles. The first-order valence-corrected chi connectivity index (χ1v) is 8.86. The molecule has 4 heteroatoms. The van der Waals surface area contributed by atoms with Crippen LogP contribution in [-0.4, -0.2) is 31.3 Å². The molecule has 1 N–H and O–H groups in total. The Morgan fingerprint density at radius 3 is 2.86 bits per heavy atom. The molecule has 0 bridgehead atoms. The third-order valence-corrected chi connectivity index (χ3v) is 5.20. The van der Waals surface area contributed by atoms with Crippen LogP contribution in [0.15, 0.2) is 22.7 Å². The lowest BCUT2D eigenvalue weighted by Crippen LogP contribution is -2.48. The van der Waals surface area contributed by atoms with Gasteiger partial charge in [-0.25, -0.2) is 0 Å². The molecule has 1 aromatic carbocycles. The van der Waals surface area contributed by atoms with E-state index in [0.717, 1.165) is 32.2 Å². The SMILES string of the molecule is CCC1COC(C)CN1c1ccc(CNC2CC2)c(Br)c1. The van der Waals surface area contributed by atoms with Crippen LogP contribution >= 0.6 is 15.9 Å². The Kier molecular flexibility index (Phi) is 4.87. The fourth-order valence-corrected chi connectivity index (χ4v) is 3.41. The van der Waals surface area contributed by atoms with Crippen molar-refractivity contribution in [1.29, 1.82) is 0 Å². The maximum atomic E-state index is 5.80. The highest BCUT2D eigenvalue weighted by molar-refractivity contribution is 9.10. The Morgan fingerprint density at radius 1 is 1.38 bits per heavy atom. The molecule has 0 radical (unpaired) electrons. The standard InChI is InChI=1S/C17H25BrN2O/c1-3-15-11-21-12(2)10-20(15)16-7-4-13(17(18)8-16)9-19-14-5-6-14/h4,7-8,12,14-15,19H,3,5-6,9-11H2,1-2H3. The summed E-state index contributed by atoms with van der Waals surface area (Å²) in [5.41, 5.74) is 2.65. The minimum absolute atomic E-state index is 0.308. The molecule has 21 heavy (non-hydrogen) atoms. The molecule has 1 heterocycles. The molecule has 2 unspecified atom stereocenters. The molecule has 116 valence electrons. The zero-order valence-corrected chi connectivity index (χ0v) is 14.5. The Labute approximate surface area is 136 Å². The molecule has 3 nitrogen and oxygen atoms in total.